The molecule has 0 bridgehead atoms. The van der Waals surface area contributed by atoms with Crippen molar-refractivity contribution in [1.29, 1.82) is 0 Å². The molecule has 23 heavy (non-hydrogen) atoms. The molecular formula is C18H28N4O. The van der Waals surface area contributed by atoms with E-state index in [1.165, 1.54) is 19.3 Å². The first-order chi connectivity index (χ1) is 11.0. The molecule has 1 aliphatic rings. The van der Waals surface area contributed by atoms with Gasteiger partial charge >= 0.3 is 0 Å². The van der Waals surface area contributed by atoms with Crippen LogP contribution in [0, 0.1) is 12.8 Å². The first-order valence-electron chi connectivity index (χ1n) is 8.71. The first kappa shape index (κ1) is 16.2. The summed E-state index contributed by atoms with van der Waals surface area (Å²) < 4.78 is 7.44. The zero-order chi connectivity index (χ0) is 16.4. The number of ether oxygens (including phenoxy) is 1. The van der Waals surface area contributed by atoms with Gasteiger partial charge in [0.1, 0.15) is 5.82 Å². The maximum atomic E-state index is 5.46. The molecule has 0 amide bonds. The maximum absolute atomic E-state index is 5.46. The SMILES string of the molecule is Cc1cc2nc(C(C)C)cc(N(C)CCC3CCOCC3)n2n1. The highest BCUT2D eigenvalue weighted by Gasteiger charge is 2.17. The lowest BCUT2D eigenvalue weighted by atomic mass is 9.96. The summed E-state index contributed by atoms with van der Waals surface area (Å²) in [6.07, 6.45) is 3.59. The van der Waals surface area contributed by atoms with Crippen molar-refractivity contribution in [2.45, 2.75) is 46.0 Å². The van der Waals surface area contributed by atoms with Gasteiger partial charge in [0.2, 0.25) is 0 Å². The zero-order valence-corrected chi connectivity index (χ0v) is 14.7. The second kappa shape index (κ2) is 6.87. The molecule has 0 aromatic carbocycles. The van der Waals surface area contributed by atoms with Crippen molar-refractivity contribution in [3.05, 3.63) is 23.5 Å². The lowest BCUT2D eigenvalue weighted by Gasteiger charge is -2.26. The van der Waals surface area contributed by atoms with Gasteiger partial charge in [0.15, 0.2) is 5.65 Å². The highest BCUT2D eigenvalue weighted by molar-refractivity contribution is 5.52. The van der Waals surface area contributed by atoms with Crippen molar-refractivity contribution in [2.75, 3.05) is 31.7 Å². The third-order valence-electron chi connectivity index (χ3n) is 4.75. The fraction of sp³-hybridized carbons (Fsp3) is 0.667. The van der Waals surface area contributed by atoms with Gasteiger partial charge < -0.3 is 9.64 Å². The monoisotopic (exact) mass is 316 g/mol. The molecule has 0 radical (unpaired) electrons. The van der Waals surface area contributed by atoms with Gasteiger partial charge in [0.05, 0.1) is 5.69 Å². The lowest BCUT2D eigenvalue weighted by molar-refractivity contribution is 0.0645. The third-order valence-corrected chi connectivity index (χ3v) is 4.75. The Balaban J connectivity index is 1.81. The second-order valence-corrected chi connectivity index (χ2v) is 7.02. The van der Waals surface area contributed by atoms with Gasteiger partial charge in [-0.15, -0.1) is 0 Å². The average molecular weight is 316 g/mol. The molecule has 5 heteroatoms. The molecule has 2 aromatic heterocycles. The van der Waals surface area contributed by atoms with Crippen LogP contribution >= 0.6 is 0 Å². The van der Waals surface area contributed by atoms with Gasteiger partial charge in [-0.25, -0.2) is 4.98 Å². The van der Waals surface area contributed by atoms with Crippen LogP contribution in [-0.2, 0) is 4.74 Å². The highest BCUT2D eigenvalue weighted by atomic mass is 16.5. The van der Waals surface area contributed by atoms with Gasteiger partial charge in [-0.2, -0.15) is 9.61 Å². The summed E-state index contributed by atoms with van der Waals surface area (Å²) in [5, 5.41) is 4.62. The van der Waals surface area contributed by atoms with Gasteiger partial charge in [-0.3, -0.25) is 0 Å². The number of rotatable bonds is 5. The quantitative estimate of drug-likeness (QED) is 0.848. The molecule has 2 aromatic rings. The molecule has 5 nitrogen and oxygen atoms in total. The lowest BCUT2D eigenvalue weighted by Crippen LogP contribution is -2.26. The van der Waals surface area contributed by atoms with Gasteiger partial charge in [-0.1, -0.05) is 13.8 Å². The number of aromatic nitrogens is 3. The maximum Gasteiger partial charge on any atom is 0.157 e. The third kappa shape index (κ3) is 3.66. The molecule has 3 heterocycles. The van der Waals surface area contributed by atoms with E-state index >= 15 is 0 Å². The van der Waals surface area contributed by atoms with E-state index in [1.807, 2.05) is 11.4 Å². The number of nitrogens with zero attached hydrogens (tertiary/aromatic N) is 4. The molecule has 1 aliphatic heterocycles. The largest absolute Gasteiger partial charge is 0.381 e. The molecule has 0 spiro atoms. The van der Waals surface area contributed by atoms with Crippen LogP contribution in [0.3, 0.4) is 0 Å². The standard InChI is InChI=1S/C18H28N4O/c1-13(2)16-12-18(22-17(19-16)11-14(3)20-22)21(4)8-5-15-6-9-23-10-7-15/h11-13,15H,5-10H2,1-4H3. The number of fused-ring (bicyclic) bond motifs is 1. The van der Waals surface area contributed by atoms with Gasteiger partial charge in [-0.05, 0) is 38.0 Å². The minimum absolute atomic E-state index is 0.415. The number of anilines is 1. The van der Waals surface area contributed by atoms with E-state index in [-0.39, 0.29) is 0 Å². The van der Waals surface area contributed by atoms with Gasteiger partial charge in [0.25, 0.3) is 0 Å². The Hall–Kier alpha value is -1.62. The summed E-state index contributed by atoms with van der Waals surface area (Å²) in [5.41, 5.74) is 3.09. The second-order valence-electron chi connectivity index (χ2n) is 7.02. The van der Waals surface area contributed by atoms with Crippen molar-refractivity contribution in [3.8, 4) is 0 Å². The summed E-state index contributed by atoms with van der Waals surface area (Å²) >= 11 is 0. The zero-order valence-electron chi connectivity index (χ0n) is 14.7. The van der Waals surface area contributed by atoms with Crippen molar-refractivity contribution in [3.63, 3.8) is 0 Å². The van der Waals surface area contributed by atoms with Crippen LogP contribution in [0.1, 0.15) is 50.4 Å². The van der Waals surface area contributed by atoms with Crippen LogP contribution in [0.15, 0.2) is 12.1 Å². The Labute approximate surface area is 138 Å². The predicted octanol–water partition coefficient (Wildman–Crippen LogP) is 3.41. The van der Waals surface area contributed by atoms with Crippen LogP contribution < -0.4 is 4.90 Å². The summed E-state index contributed by atoms with van der Waals surface area (Å²) in [6, 6.07) is 4.25. The molecule has 3 rings (SSSR count). The van der Waals surface area contributed by atoms with Crippen molar-refractivity contribution >= 4 is 11.5 Å². The Morgan fingerprint density at radius 2 is 2.04 bits per heavy atom. The molecule has 0 saturated carbocycles. The highest BCUT2D eigenvalue weighted by Crippen LogP contribution is 2.24. The van der Waals surface area contributed by atoms with Gasteiger partial charge in [0, 0.05) is 44.6 Å². The number of hydrogen-bond donors (Lipinski definition) is 0. The van der Waals surface area contributed by atoms with E-state index < -0.39 is 0 Å². The normalized spacial score (nSPS) is 16.4. The number of aryl methyl sites for hydroxylation is 1. The van der Waals surface area contributed by atoms with E-state index in [0.717, 1.165) is 48.5 Å². The van der Waals surface area contributed by atoms with Crippen LogP contribution in [-0.4, -0.2) is 41.4 Å². The van der Waals surface area contributed by atoms with Crippen molar-refractivity contribution in [2.24, 2.45) is 5.92 Å². The Morgan fingerprint density at radius 1 is 1.30 bits per heavy atom. The summed E-state index contributed by atoms with van der Waals surface area (Å²) in [6.45, 7) is 9.28. The fourth-order valence-electron chi connectivity index (χ4n) is 3.19. The molecule has 0 aliphatic carbocycles. The molecule has 1 saturated heterocycles. The van der Waals surface area contributed by atoms with E-state index in [4.69, 9.17) is 9.72 Å². The summed E-state index contributed by atoms with van der Waals surface area (Å²) in [4.78, 5) is 7.07. The number of hydrogen-bond acceptors (Lipinski definition) is 4. The molecule has 0 N–H and O–H groups in total. The minimum atomic E-state index is 0.415. The molecule has 0 unspecified atom stereocenters. The Bertz CT molecular complexity index is 658. The molecule has 126 valence electrons. The first-order valence-corrected chi connectivity index (χ1v) is 8.71. The van der Waals surface area contributed by atoms with Crippen molar-refractivity contribution < 1.29 is 4.74 Å². The van der Waals surface area contributed by atoms with Crippen LogP contribution in [0.2, 0.25) is 0 Å². The Kier molecular flexibility index (Phi) is 4.85. The van der Waals surface area contributed by atoms with E-state index in [2.05, 4.69) is 43.0 Å². The summed E-state index contributed by atoms with van der Waals surface area (Å²) in [7, 11) is 2.16. The minimum Gasteiger partial charge on any atom is -0.381 e. The molecular weight excluding hydrogens is 288 g/mol. The van der Waals surface area contributed by atoms with Crippen molar-refractivity contribution in [1.82, 2.24) is 14.6 Å². The average Bonchev–Trinajstić information content (AvgIpc) is 2.92. The van der Waals surface area contributed by atoms with E-state index in [1.54, 1.807) is 0 Å². The molecule has 0 atom stereocenters. The summed E-state index contributed by atoms with van der Waals surface area (Å²) in [5.74, 6) is 2.34. The molecule has 1 fully saturated rings. The topological polar surface area (TPSA) is 42.7 Å². The van der Waals surface area contributed by atoms with E-state index in [0.29, 0.717) is 5.92 Å². The van der Waals surface area contributed by atoms with Crippen LogP contribution in [0.4, 0.5) is 5.82 Å². The van der Waals surface area contributed by atoms with Crippen LogP contribution in [0.5, 0.6) is 0 Å². The predicted molar refractivity (Wildman–Crippen MR) is 93.2 cm³/mol. The van der Waals surface area contributed by atoms with E-state index in [9.17, 15) is 0 Å². The Morgan fingerprint density at radius 3 is 2.74 bits per heavy atom. The smallest absolute Gasteiger partial charge is 0.157 e. The van der Waals surface area contributed by atoms with Crippen LogP contribution in [0.25, 0.3) is 5.65 Å². The fourth-order valence-corrected chi connectivity index (χ4v) is 3.19.